The third kappa shape index (κ3) is 5.30. The van der Waals surface area contributed by atoms with Crippen molar-refractivity contribution < 1.29 is 5.11 Å². The van der Waals surface area contributed by atoms with Gasteiger partial charge in [-0.25, -0.2) is 0 Å². The second-order valence-electron chi connectivity index (χ2n) is 10.3. The van der Waals surface area contributed by atoms with E-state index in [1.807, 2.05) is 24.3 Å². The van der Waals surface area contributed by atoms with Crippen molar-refractivity contribution in [1.82, 2.24) is 15.0 Å². The molecular formula is C24H32ClN3O. The molecule has 2 aromatic carbocycles. The number of rotatable bonds is 5. The number of aromatic hydroxyl groups is 1. The van der Waals surface area contributed by atoms with Gasteiger partial charge in [0, 0.05) is 5.02 Å². The summed E-state index contributed by atoms with van der Waals surface area (Å²) < 4.78 is 0. The maximum Gasteiger partial charge on any atom is 0.146 e. The van der Waals surface area contributed by atoms with Crippen LogP contribution in [0.2, 0.25) is 5.02 Å². The van der Waals surface area contributed by atoms with E-state index in [0.717, 1.165) is 30.3 Å². The highest BCUT2D eigenvalue weighted by atomic mass is 35.5. The summed E-state index contributed by atoms with van der Waals surface area (Å²) in [5, 5.41) is 20.7. The summed E-state index contributed by atoms with van der Waals surface area (Å²) >= 11 is 6.07. The molecule has 1 N–H and O–H groups in total. The van der Waals surface area contributed by atoms with Crippen molar-refractivity contribution in [3.8, 4) is 11.4 Å². The first kappa shape index (κ1) is 21.6. The van der Waals surface area contributed by atoms with E-state index in [1.165, 1.54) is 4.80 Å². The molecule has 4 nitrogen and oxygen atoms in total. The molecule has 29 heavy (non-hydrogen) atoms. The highest BCUT2D eigenvalue weighted by Gasteiger charge is 2.28. The maximum atomic E-state index is 11.0. The molecule has 1 atom stereocenters. The predicted molar refractivity (Wildman–Crippen MR) is 121 cm³/mol. The Kier molecular flexibility index (Phi) is 5.96. The van der Waals surface area contributed by atoms with Gasteiger partial charge in [0.1, 0.15) is 22.5 Å². The topological polar surface area (TPSA) is 50.9 Å². The standard InChI is InChI=1S/C24H32ClN3O/c1-23(2,3)13-12-17(24(4,5)6)14-16-8-7-9-21(22(16)29)28-26-19-11-10-18(25)15-20(19)27-28/h7-11,15,17,29H,12-14H2,1-6H3. The van der Waals surface area contributed by atoms with Gasteiger partial charge in [0.15, 0.2) is 0 Å². The molecule has 0 aliphatic rings. The van der Waals surface area contributed by atoms with Gasteiger partial charge in [-0.15, -0.1) is 15.0 Å². The summed E-state index contributed by atoms with van der Waals surface area (Å²) in [6.45, 7) is 13.7. The largest absolute Gasteiger partial charge is 0.505 e. The molecule has 0 saturated heterocycles. The van der Waals surface area contributed by atoms with Crippen LogP contribution in [0.25, 0.3) is 16.7 Å². The van der Waals surface area contributed by atoms with Crippen molar-refractivity contribution in [3.63, 3.8) is 0 Å². The van der Waals surface area contributed by atoms with Crippen LogP contribution >= 0.6 is 11.6 Å². The lowest BCUT2D eigenvalue weighted by Gasteiger charge is -2.33. The van der Waals surface area contributed by atoms with E-state index in [9.17, 15) is 5.11 Å². The molecule has 0 radical (unpaired) electrons. The number of halogens is 1. The fraction of sp³-hybridized carbons (Fsp3) is 0.500. The van der Waals surface area contributed by atoms with Crippen molar-refractivity contribution >= 4 is 22.6 Å². The number of hydrogen-bond acceptors (Lipinski definition) is 3. The number of hydrogen-bond donors (Lipinski definition) is 1. The molecule has 0 aliphatic carbocycles. The van der Waals surface area contributed by atoms with Gasteiger partial charge in [0.25, 0.3) is 0 Å². The van der Waals surface area contributed by atoms with Crippen molar-refractivity contribution in [1.29, 1.82) is 0 Å². The van der Waals surface area contributed by atoms with Crippen molar-refractivity contribution in [2.45, 2.75) is 60.8 Å². The number of aromatic nitrogens is 3. The highest BCUT2D eigenvalue weighted by molar-refractivity contribution is 6.31. The Hall–Kier alpha value is -2.07. The number of phenolic OH excluding ortho intramolecular Hbond substituents is 1. The Labute approximate surface area is 178 Å². The quantitative estimate of drug-likeness (QED) is 0.499. The second-order valence-corrected chi connectivity index (χ2v) is 10.7. The van der Waals surface area contributed by atoms with Crippen molar-refractivity contribution in [2.24, 2.45) is 16.7 Å². The summed E-state index contributed by atoms with van der Waals surface area (Å²) in [4.78, 5) is 1.50. The maximum absolute atomic E-state index is 11.0. The lowest BCUT2D eigenvalue weighted by Crippen LogP contribution is -2.24. The van der Waals surface area contributed by atoms with Gasteiger partial charge in [0.05, 0.1) is 0 Å². The van der Waals surface area contributed by atoms with Gasteiger partial charge >= 0.3 is 0 Å². The second kappa shape index (κ2) is 7.98. The molecule has 3 aromatic rings. The molecule has 1 heterocycles. The molecule has 0 bridgehead atoms. The number of para-hydroxylation sites is 1. The van der Waals surface area contributed by atoms with Crippen LogP contribution in [0.3, 0.4) is 0 Å². The summed E-state index contributed by atoms with van der Waals surface area (Å²) in [6, 6.07) is 11.2. The summed E-state index contributed by atoms with van der Waals surface area (Å²) in [5.74, 6) is 0.718. The first-order chi connectivity index (χ1) is 13.4. The third-order valence-electron chi connectivity index (χ3n) is 5.59. The van der Waals surface area contributed by atoms with Crippen LogP contribution in [0.1, 0.15) is 59.9 Å². The fourth-order valence-corrected chi connectivity index (χ4v) is 3.78. The molecule has 1 unspecified atom stereocenters. The molecule has 5 heteroatoms. The number of benzene rings is 2. The van der Waals surface area contributed by atoms with E-state index >= 15 is 0 Å². The Bertz CT molecular complexity index is 996. The minimum Gasteiger partial charge on any atom is -0.505 e. The van der Waals surface area contributed by atoms with Crippen LogP contribution in [0.15, 0.2) is 36.4 Å². The van der Waals surface area contributed by atoms with Crippen LogP contribution in [0.5, 0.6) is 5.75 Å². The van der Waals surface area contributed by atoms with Crippen LogP contribution in [-0.2, 0) is 6.42 Å². The monoisotopic (exact) mass is 413 g/mol. The number of fused-ring (bicyclic) bond motifs is 1. The predicted octanol–water partition coefficient (Wildman–Crippen LogP) is 6.81. The average molecular weight is 414 g/mol. The number of phenols is 1. The first-order valence-corrected chi connectivity index (χ1v) is 10.7. The fourth-order valence-electron chi connectivity index (χ4n) is 3.61. The minimum atomic E-state index is 0.156. The molecule has 0 spiro atoms. The zero-order chi connectivity index (χ0) is 21.4. The molecule has 0 amide bonds. The molecule has 0 saturated carbocycles. The minimum absolute atomic E-state index is 0.156. The summed E-state index contributed by atoms with van der Waals surface area (Å²) in [7, 11) is 0. The lowest BCUT2D eigenvalue weighted by atomic mass is 9.72. The Balaban J connectivity index is 1.92. The third-order valence-corrected chi connectivity index (χ3v) is 5.83. The molecule has 0 fully saturated rings. The number of nitrogens with zero attached hydrogens (tertiary/aromatic N) is 3. The Morgan fingerprint density at radius 1 is 1.00 bits per heavy atom. The Morgan fingerprint density at radius 2 is 1.69 bits per heavy atom. The van der Waals surface area contributed by atoms with Gasteiger partial charge in [-0.1, -0.05) is 65.3 Å². The van der Waals surface area contributed by atoms with E-state index in [4.69, 9.17) is 11.6 Å². The van der Waals surface area contributed by atoms with Crippen LogP contribution in [0.4, 0.5) is 0 Å². The molecule has 1 aromatic heterocycles. The van der Waals surface area contributed by atoms with Gasteiger partial charge in [-0.05, 0) is 65.8 Å². The van der Waals surface area contributed by atoms with Crippen molar-refractivity contribution in [2.75, 3.05) is 0 Å². The molecule has 156 valence electrons. The Morgan fingerprint density at radius 3 is 2.34 bits per heavy atom. The summed E-state index contributed by atoms with van der Waals surface area (Å²) in [5.41, 5.74) is 3.45. The average Bonchev–Trinajstić information content (AvgIpc) is 3.00. The normalized spacial score (nSPS) is 13.8. The van der Waals surface area contributed by atoms with E-state index in [-0.39, 0.29) is 11.2 Å². The van der Waals surface area contributed by atoms with Gasteiger partial charge in [-0.3, -0.25) is 0 Å². The van der Waals surface area contributed by atoms with Crippen LogP contribution in [-0.4, -0.2) is 20.1 Å². The molecular weight excluding hydrogens is 382 g/mol. The highest BCUT2D eigenvalue weighted by Crippen LogP contribution is 2.38. The van der Waals surface area contributed by atoms with Gasteiger partial charge in [-0.2, -0.15) is 0 Å². The molecule has 3 rings (SSSR count). The van der Waals surface area contributed by atoms with E-state index in [1.54, 1.807) is 12.1 Å². The SMILES string of the molecule is CC(C)(C)CCC(Cc1cccc(-n2nc3ccc(Cl)cc3n2)c1O)C(C)(C)C. The van der Waals surface area contributed by atoms with Crippen LogP contribution < -0.4 is 0 Å². The van der Waals surface area contributed by atoms with E-state index < -0.39 is 0 Å². The van der Waals surface area contributed by atoms with E-state index in [0.29, 0.717) is 27.6 Å². The summed E-state index contributed by atoms with van der Waals surface area (Å²) in [6.07, 6.45) is 3.10. The van der Waals surface area contributed by atoms with Crippen LogP contribution in [0, 0.1) is 16.7 Å². The van der Waals surface area contributed by atoms with Crippen molar-refractivity contribution in [3.05, 3.63) is 47.0 Å². The van der Waals surface area contributed by atoms with Gasteiger partial charge < -0.3 is 5.11 Å². The first-order valence-electron chi connectivity index (χ1n) is 10.3. The molecule has 0 aliphatic heterocycles. The van der Waals surface area contributed by atoms with Gasteiger partial charge in [0.2, 0.25) is 0 Å². The lowest BCUT2D eigenvalue weighted by molar-refractivity contribution is 0.194. The zero-order valence-corrected chi connectivity index (χ0v) is 19.1. The van der Waals surface area contributed by atoms with E-state index in [2.05, 4.69) is 51.7 Å². The smallest absolute Gasteiger partial charge is 0.146 e. The zero-order valence-electron chi connectivity index (χ0n) is 18.3.